The summed E-state index contributed by atoms with van der Waals surface area (Å²) in [7, 11) is 3.37. The molecule has 0 saturated carbocycles. The maximum atomic E-state index is 5.53. The van der Waals surface area contributed by atoms with Crippen molar-refractivity contribution in [1.29, 1.82) is 0 Å². The Morgan fingerprint density at radius 3 is 2.40 bits per heavy atom. The predicted molar refractivity (Wildman–Crippen MR) is 107 cm³/mol. The lowest BCUT2D eigenvalue weighted by atomic mass is 9.88. The van der Waals surface area contributed by atoms with Crippen LogP contribution < -0.4 is 20.1 Å². The van der Waals surface area contributed by atoms with Gasteiger partial charge in [0, 0.05) is 18.6 Å². The van der Waals surface area contributed by atoms with Gasteiger partial charge >= 0.3 is 0 Å². The van der Waals surface area contributed by atoms with E-state index in [9.17, 15) is 0 Å². The van der Waals surface area contributed by atoms with Crippen LogP contribution in [0.2, 0.25) is 0 Å². The molecule has 2 rings (SSSR count). The number of hydrogen-bond donors (Lipinski definition) is 2. The standard InChI is InChI=1S/C19H31N3O2S/c1-7-22-9-8-14-10-16(23-5)17(24-6)11-15(14)18(22)13(4)21-19(25)20-12(2)3/h10-13,18H,7-9H2,1-6H3,(H2,20,21,25)/t13-,18+/m1/s1. The zero-order valence-electron chi connectivity index (χ0n) is 16.2. The summed E-state index contributed by atoms with van der Waals surface area (Å²) in [5.74, 6) is 1.57. The zero-order chi connectivity index (χ0) is 18.6. The number of benzene rings is 1. The zero-order valence-corrected chi connectivity index (χ0v) is 17.0. The largest absolute Gasteiger partial charge is 0.493 e. The highest BCUT2D eigenvalue weighted by atomic mass is 32.1. The van der Waals surface area contributed by atoms with Crippen LogP contribution in [0.3, 0.4) is 0 Å². The first-order chi connectivity index (χ1) is 11.9. The van der Waals surface area contributed by atoms with Crippen molar-refractivity contribution in [3.63, 3.8) is 0 Å². The molecule has 0 unspecified atom stereocenters. The Bertz CT molecular complexity index is 607. The van der Waals surface area contributed by atoms with Crippen LogP contribution in [-0.2, 0) is 6.42 Å². The number of nitrogens with one attached hydrogen (secondary N) is 2. The van der Waals surface area contributed by atoms with Gasteiger partial charge < -0.3 is 20.1 Å². The van der Waals surface area contributed by atoms with Crippen LogP contribution >= 0.6 is 12.2 Å². The third-order valence-corrected chi connectivity index (χ3v) is 4.92. The smallest absolute Gasteiger partial charge is 0.166 e. The Kier molecular flexibility index (Phi) is 6.90. The maximum Gasteiger partial charge on any atom is 0.166 e. The molecule has 1 aromatic carbocycles. The van der Waals surface area contributed by atoms with E-state index in [4.69, 9.17) is 21.7 Å². The predicted octanol–water partition coefficient (Wildman–Crippen LogP) is 2.88. The highest BCUT2D eigenvalue weighted by Gasteiger charge is 2.32. The van der Waals surface area contributed by atoms with Crippen LogP contribution in [0.1, 0.15) is 44.9 Å². The summed E-state index contributed by atoms with van der Waals surface area (Å²) < 4.78 is 11.0. The number of ether oxygens (including phenoxy) is 2. The second kappa shape index (κ2) is 8.72. The molecule has 5 nitrogen and oxygen atoms in total. The van der Waals surface area contributed by atoms with Crippen molar-refractivity contribution in [3.05, 3.63) is 23.3 Å². The van der Waals surface area contributed by atoms with Gasteiger partial charge in [-0.1, -0.05) is 6.92 Å². The molecule has 0 aromatic heterocycles. The topological polar surface area (TPSA) is 45.8 Å². The van der Waals surface area contributed by atoms with Crippen LogP contribution in [0, 0.1) is 0 Å². The first-order valence-electron chi connectivity index (χ1n) is 8.97. The van der Waals surface area contributed by atoms with E-state index in [1.54, 1.807) is 14.2 Å². The Hall–Kier alpha value is -1.53. The molecular formula is C19H31N3O2S. The van der Waals surface area contributed by atoms with Gasteiger partial charge in [-0.05, 0) is 69.2 Å². The molecule has 2 N–H and O–H groups in total. The van der Waals surface area contributed by atoms with Crippen molar-refractivity contribution in [2.45, 2.75) is 52.2 Å². The van der Waals surface area contributed by atoms with Gasteiger partial charge in [0.25, 0.3) is 0 Å². The van der Waals surface area contributed by atoms with E-state index < -0.39 is 0 Å². The van der Waals surface area contributed by atoms with Crippen molar-refractivity contribution in [2.24, 2.45) is 0 Å². The van der Waals surface area contributed by atoms with Gasteiger partial charge in [-0.15, -0.1) is 0 Å². The fraction of sp³-hybridized carbons (Fsp3) is 0.632. The number of rotatable bonds is 6. The van der Waals surface area contributed by atoms with E-state index in [0.717, 1.165) is 31.0 Å². The molecular weight excluding hydrogens is 334 g/mol. The van der Waals surface area contributed by atoms with E-state index in [0.29, 0.717) is 11.2 Å². The number of nitrogens with zero attached hydrogens (tertiary/aromatic N) is 1. The van der Waals surface area contributed by atoms with Gasteiger partial charge in [0.2, 0.25) is 0 Å². The fourth-order valence-corrected chi connectivity index (χ4v) is 3.98. The molecule has 1 aromatic rings. The maximum absolute atomic E-state index is 5.53. The van der Waals surface area contributed by atoms with E-state index >= 15 is 0 Å². The van der Waals surface area contributed by atoms with Crippen LogP contribution in [0.4, 0.5) is 0 Å². The summed E-state index contributed by atoms with van der Waals surface area (Å²) in [6.45, 7) is 10.6. The monoisotopic (exact) mass is 365 g/mol. The van der Waals surface area contributed by atoms with Crippen molar-refractivity contribution < 1.29 is 9.47 Å². The van der Waals surface area contributed by atoms with E-state index in [1.165, 1.54) is 11.1 Å². The van der Waals surface area contributed by atoms with Crippen LogP contribution in [-0.4, -0.2) is 49.4 Å². The minimum Gasteiger partial charge on any atom is -0.493 e. The molecule has 0 saturated heterocycles. The van der Waals surface area contributed by atoms with E-state index in [-0.39, 0.29) is 12.1 Å². The number of fused-ring (bicyclic) bond motifs is 1. The SMILES string of the molecule is CCN1CCc2cc(OC)c(OC)cc2[C@@H]1[C@@H](C)NC(=S)NC(C)C. The van der Waals surface area contributed by atoms with Gasteiger partial charge in [0.1, 0.15) is 0 Å². The normalized spacial score (nSPS) is 18.4. The molecule has 0 bridgehead atoms. The number of likely N-dealkylation sites (N-methyl/N-ethyl adjacent to an activating group) is 1. The lowest BCUT2D eigenvalue weighted by molar-refractivity contribution is 0.166. The number of thiocarbonyl (C=S) groups is 1. The van der Waals surface area contributed by atoms with E-state index in [1.807, 2.05) is 0 Å². The number of methoxy groups -OCH3 is 2. The minimum absolute atomic E-state index is 0.177. The fourth-order valence-electron chi connectivity index (χ4n) is 3.56. The van der Waals surface area contributed by atoms with Crippen molar-refractivity contribution in [1.82, 2.24) is 15.5 Å². The molecule has 1 aliphatic rings. The molecule has 0 radical (unpaired) electrons. The molecule has 0 amide bonds. The lowest BCUT2D eigenvalue weighted by Crippen LogP contribution is -2.50. The summed E-state index contributed by atoms with van der Waals surface area (Å²) in [6.07, 6.45) is 1.02. The molecule has 1 aliphatic heterocycles. The molecule has 6 heteroatoms. The lowest BCUT2D eigenvalue weighted by Gasteiger charge is -2.41. The third kappa shape index (κ3) is 4.55. The van der Waals surface area contributed by atoms with Crippen molar-refractivity contribution >= 4 is 17.3 Å². The van der Waals surface area contributed by atoms with Gasteiger partial charge in [-0.3, -0.25) is 4.90 Å². The Balaban J connectivity index is 2.33. The third-order valence-electron chi connectivity index (χ3n) is 4.68. The van der Waals surface area contributed by atoms with Crippen molar-refractivity contribution in [2.75, 3.05) is 27.3 Å². The molecule has 25 heavy (non-hydrogen) atoms. The average molecular weight is 366 g/mol. The van der Waals surface area contributed by atoms with Gasteiger partial charge in [-0.2, -0.15) is 0 Å². The first-order valence-corrected chi connectivity index (χ1v) is 9.37. The average Bonchev–Trinajstić information content (AvgIpc) is 2.58. The molecule has 0 fully saturated rings. The second-order valence-electron chi connectivity index (χ2n) is 6.79. The summed E-state index contributed by atoms with van der Waals surface area (Å²) in [5, 5.41) is 7.43. The second-order valence-corrected chi connectivity index (χ2v) is 7.20. The van der Waals surface area contributed by atoms with Gasteiger partial charge in [-0.25, -0.2) is 0 Å². The minimum atomic E-state index is 0.177. The quantitative estimate of drug-likeness (QED) is 0.756. The summed E-state index contributed by atoms with van der Waals surface area (Å²) in [4.78, 5) is 2.49. The Labute approximate surface area is 157 Å². The first kappa shape index (κ1) is 19.8. The van der Waals surface area contributed by atoms with Crippen LogP contribution in [0.25, 0.3) is 0 Å². The van der Waals surface area contributed by atoms with Crippen LogP contribution in [0.15, 0.2) is 12.1 Å². The van der Waals surface area contributed by atoms with Gasteiger partial charge in [0.15, 0.2) is 16.6 Å². The highest BCUT2D eigenvalue weighted by molar-refractivity contribution is 7.80. The Morgan fingerprint density at radius 1 is 1.20 bits per heavy atom. The number of hydrogen-bond acceptors (Lipinski definition) is 4. The summed E-state index contributed by atoms with van der Waals surface area (Å²) in [6, 6.07) is 4.97. The summed E-state index contributed by atoms with van der Waals surface area (Å²) in [5.41, 5.74) is 2.61. The summed E-state index contributed by atoms with van der Waals surface area (Å²) >= 11 is 5.45. The van der Waals surface area contributed by atoms with Crippen LogP contribution in [0.5, 0.6) is 11.5 Å². The molecule has 1 heterocycles. The van der Waals surface area contributed by atoms with Crippen molar-refractivity contribution in [3.8, 4) is 11.5 Å². The Morgan fingerprint density at radius 2 is 1.84 bits per heavy atom. The van der Waals surface area contributed by atoms with E-state index in [2.05, 4.69) is 55.4 Å². The highest BCUT2D eigenvalue weighted by Crippen LogP contribution is 2.39. The molecule has 0 aliphatic carbocycles. The molecule has 140 valence electrons. The molecule has 0 spiro atoms. The molecule has 2 atom stereocenters. The van der Waals surface area contributed by atoms with Gasteiger partial charge in [0.05, 0.1) is 20.3 Å².